The predicted octanol–water partition coefficient (Wildman–Crippen LogP) is 19.5. The fraction of sp³-hybridized carbons (Fsp3) is 0.672. The Labute approximate surface area is 431 Å². The van der Waals surface area contributed by atoms with E-state index in [-0.39, 0.29) is 31.1 Å². The molecule has 0 aromatic heterocycles. The Kier molecular flexibility index (Phi) is 54.4. The molecule has 70 heavy (non-hydrogen) atoms. The molecule has 0 N–H and O–H groups in total. The van der Waals surface area contributed by atoms with Crippen LogP contribution in [0, 0.1) is 0 Å². The smallest absolute Gasteiger partial charge is 0.306 e. The van der Waals surface area contributed by atoms with Crippen molar-refractivity contribution in [3.8, 4) is 0 Å². The fourth-order valence-corrected chi connectivity index (χ4v) is 7.70. The van der Waals surface area contributed by atoms with Crippen LogP contribution in [0.25, 0.3) is 0 Å². The average Bonchev–Trinajstić information content (AvgIpc) is 3.36. The zero-order valence-electron chi connectivity index (χ0n) is 45.5. The van der Waals surface area contributed by atoms with Gasteiger partial charge in [0.15, 0.2) is 6.10 Å². The molecule has 0 rings (SSSR count). The molecule has 0 saturated carbocycles. The fourth-order valence-electron chi connectivity index (χ4n) is 7.70. The number of carbonyl (C=O) groups excluding carboxylic acids is 3. The minimum atomic E-state index is -0.793. The maximum atomic E-state index is 12.8. The molecule has 398 valence electrons. The summed E-state index contributed by atoms with van der Waals surface area (Å²) in [5.74, 6) is -0.924. The Morgan fingerprint density at radius 1 is 0.300 bits per heavy atom. The van der Waals surface area contributed by atoms with Crippen molar-refractivity contribution >= 4 is 17.9 Å². The van der Waals surface area contributed by atoms with E-state index in [4.69, 9.17) is 14.2 Å². The highest BCUT2D eigenvalue weighted by molar-refractivity contribution is 5.71. The molecule has 0 aliphatic carbocycles. The summed E-state index contributed by atoms with van der Waals surface area (Å²) < 4.78 is 16.8. The molecular weight excluding hydrogens is 865 g/mol. The first-order valence-corrected chi connectivity index (χ1v) is 28.9. The Balaban J connectivity index is 4.34. The van der Waals surface area contributed by atoms with Gasteiger partial charge in [0, 0.05) is 19.3 Å². The van der Waals surface area contributed by atoms with E-state index in [0.717, 1.165) is 154 Å². The molecule has 0 heterocycles. The lowest BCUT2D eigenvalue weighted by atomic mass is 10.0. The molecule has 1 unspecified atom stereocenters. The summed E-state index contributed by atoms with van der Waals surface area (Å²) in [5, 5.41) is 0. The summed E-state index contributed by atoms with van der Waals surface area (Å²) in [6, 6.07) is 0. The summed E-state index contributed by atoms with van der Waals surface area (Å²) in [7, 11) is 0. The summed E-state index contributed by atoms with van der Waals surface area (Å²) >= 11 is 0. The molecule has 0 bridgehead atoms. The van der Waals surface area contributed by atoms with Crippen molar-refractivity contribution in [3.63, 3.8) is 0 Å². The molecule has 0 aliphatic heterocycles. The standard InChI is InChI=1S/C64H106O6/c1-4-7-10-13-16-19-22-25-26-27-28-29-30-31-32-33-34-35-36-37-38-40-42-45-48-51-54-57-63(66)69-60-61(59-68-62(65)56-53-50-47-44-41-24-21-18-15-12-9-6-3)70-64(67)58-55-52-49-46-43-39-23-20-17-14-11-8-5-2/h7,10-11,14,16,19-20,23,25-26,28-29,31-32,34-35,37-38,61H,4-6,8-9,12-13,15,17-18,21-22,24,27,30,33,36,39-60H2,1-3H3/b10-7-,14-11-,19-16-,23-20-,26-25-,29-28-,32-31-,35-34-,38-37-. The molecule has 0 radical (unpaired) electrons. The summed E-state index contributed by atoms with van der Waals surface area (Å²) in [5.41, 5.74) is 0. The molecule has 0 fully saturated rings. The van der Waals surface area contributed by atoms with Gasteiger partial charge >= 0.3 is 17.9 Å². The van der Waals surface area contributed by atoms with E-state index in [1.165, 1.54) is 64.2 Å². The average molecular weight is 972 g/mol. The number of hydrogen-bond acceptors (Lipinski definition) is 6. The van der Waals surface area contributed by atoms with Gasteiger partial charge in [0.1, 0.15) is 13.2 Å². The summed E-state index contributed by atoms with van der Waals surface area (Å²) in [6.07, 6.45) is 77.9. The van der Waals surface area contributed by atoms with Gasteiger partial charge in [0.25, 0.3) is 0 Å². The molecule has 0 spiro atoms. The normalized spacial score (nSPS) is 12.9. The number of allylic oxidation sites excluding steroid dienone is 18. The van der Waals surface area contributed by atoms with Gasteiger partial charge in [0.2, 0.25) is 0 Å². The van der Waals surface area contributed by atoms with E-state index < -0.39 is 6.10 Å². The lowest BCUT2D eigenvalue weighted by Gasteiger charge is -2.18. The van der Waals surface area contributed by atoms with Crippen molar-refractivity contribution in [1.29, 1.82) is 0 Å². The van der Waals surface area contributed by atoms with Gasteiger partial charge in [-0.2, -0.15) is 0 Å². The molecule has 0 aromatic carbocycles. The van der Waals surface area contributed by atoms with Crippen LogP contribution in [0.3, 0.4) is 0 Å². The van der Waals surface area contributed by atoms with Crippen molar-refractivity contribution in [1.82, 2.24) is 0 Å². The van der Waals surface area contributed by atoms with Gasteiger partial charge in [-0.1, -0.05) is 246 Å². The third kappa shape index (κ3) is 55.0. The van der Waals surface area contributed by atoms with Gasteiger partial charge in [-0.3, -0.25) is 14.4 Å². The first-order valence-electron chi connectivity index (χ1n) is 28.9. The number of unbranched alkanes of at least 4 members (excludes halogenated alkanes) is 22. The van der Waals surface area contributed by atoms with Crippen LogP contribution in [0.15, 0.2) is 109 Å². The van der Waals surface area contributed by atoms with Crippen molar-refractivity contribution < 1.29 is 28.6 Å². The first kappa shape index (κ1) is 66.1. The zero-order chi connectivity index (χ0) is 50.7. The second-order valence-corrected chi connectivity index (χ2v) is 18.8. The van der Waals surface area contributed by atoms with E-state index in [2.05, 4.69) is 130 Å². The van der Waals surface area contributed by atoms with Crippen LogP contribution in [0.4, 0.5) is 0 Å². The first-order chi connectivity index (χ1) is 34.5. The van der Waals surface area contributed by atoms with Crippen LogP contribution in [-0.2, 0) is 28.6 Å². The highest BCUT2D eigenvalue weighted by Crippen LogP contribution is 2.15. The summed E-state index contributed by atoms with van der Waals surface area (Å²) in [4.78, 5) is 38.1. The monoisotopic (exact) mass is 971 g/mol. The minimum absolute atomic E-state index is 0.0894. The second-order valence-electron chi connectivity index (χ2n) is 18.8. The van der Waals surface area contributed by atoms with Crippen LogP contribution < -0.4 is 0 Å². The lowest BCUT2D eigenvalue weighted by molar-refractivity contribution is -0.167. The van der Waals surface area contributed by atoms with Crippen molar-refractivity contribution in [2.24, 2.45) is 0 Å². The molecule has 6 heteroatoms. The maximum absolute atomic E-state index is 12.8. The third-order valence-corrected chi connectivity index (χ3v) is 12.0. The molecular formula is C64H106O6. The molecule has 1 atom stereocenters. The zero-order valence-corrected chi connectivity index (χ0v) is 45.5. The predicted molar refractivity (Wildman–Crippen MR) is 302 cm³/mol. The van der Waals surface area contributed by atoms with Gasteiger partial charge in [-0.25, -0.2) is 0 Å². The SMILES string of the molecule is CC/C=C\C/C=C\C/C=C\C/C=C\C/C=C\C/C=C\C/C=C\CCCCCCCC(=O)OCC(COC(=O)CCCCCCCCCCCCCC)OC(=O)CCCCCCC/C=C\C/C=C\CCC. The number of ether oxygens (including phenoxy) is 3. The van der Waals surface area contributed by atoms with E-state index >= 15 is 0 Å². The number of esters is 3. The molecule has 0 amide bonds. The molecule has 0 aromatic rings. The van der Waals surface area contributed by atoms with Gasteiger partial charge in [-0.05, 0) is 103 Å². The van der Waals surface area contributed by atoms with Crippen molar-refractivity contribution in [2.75, 3.05) is 13.2 Å². The molecule has 0 aliphatic rings. The largest absolute Gasteiger partial charge is 0.462 e. The number of hydrogen-bond donors (Lipinski definition) is 0. The van der Waals surface area contributed by atoms with E-state index in [9.17, 15) is 14.4 Å². The van der Waals surface area contributed by atoms with Crippen LogP contribution in [-0.4, -0.2) is 37.2 Å². The van der Waals surface area contributed by atoms with Gasteiger partial charge in [0.05, 0.1) is 0 Å². The van der Waals surface area contributed by atoms with E-state index in [1.54, 1.807) is 0 Å². The van der Waals surface area contributed by atoms with Gasteiger partial charge in [-0.15, -0.1) is 0 Å². The topological polar surface area (TPSA) is 78.9 Å². The minimum Gasteiger partial charge on any atom is -0.462 e. The highest BCUT2D eigenvalue weighted by Gasteiger charge is 2.19. The maximum Gasteiger partial charge on any atom is 0.306 e. The van der Waals surface area contributed by atoms with E-state index in [1.807, 2.05) is 0 Å². The van der Waals surface area contributed by atoms with Crippen LogP contribution in [0.5, 0.6) is 0 Å². The number of carbonyl (C=O) groups is 3. The van der Waals surface area contributed by atoms with Crippen LogP contribution in [0.1, 0.15) is 258 Å². The van der Waals surface area contributed by atoms with Crippen LogP contribution in [0.2, 0.25) is 0 Å². The Hall–Kier alpha value is -3.93. The molecule has 0 saturated heterocycles. The Bertz CT molecular complexity index is 1440. The van der Waals surface area contributed by atoms with Gasteiger partial charge < -0.3 is 14.2 Å². The van der Waals surface area contributed by atoms with Crippen LogP contribution >= 0.6 is 0 Å². The lowest BCUT2D eigenvalue weighted by Crippen LogP contribution is -2.30. The second kappa shape index (κ2) is 57.6. The third-order valence-electron chi connectivity index (χ3n) is 12.0. The van der Waals surface area contributed by atoms with Crippen molar-refractivity contribution in [3.05, 3.63) is 109 Å². The van der Waals surface area contributed by atoms with Crippen molar-refractivity contribution in [2.45, 2.75) is 264 Å². The quantitative estimate of drug-likeness (QED) is 0.0262. The number of rotatable bonds is 51. The molecule has 6 nitrogen and oxygen atoms in total. The Morgan fingerprint density at radius 2 is 0.586 bits per heavy atom. The highest BCUT2D eigenvalue weighted by atomic mass is 16.6. The van der Waals surface area contributed by atoms with E-state index in [0.29, 0.717) is 19.3 Å². The summed E-state index contributed by atoms with van der Waals surface area (Å²) in [6.45, 7) is 6.43. The Morgan fingerprint density at radius 3 is 0.929 bits per heavy atom.